The largest absolute Gasteiger partial charge is 0.481 e. The van der Waals surface area contributed by atoms with Crippen LogP contribution in [0.3, 0.4) is 0 Å². The molecule has 0 aromatic carbocycles. The van der Waals surface area contributed by atoms with E-state index in [0.29, 0.717) is 5.88 Å². The van der Waals surface area contributed by atoms with Crippen molar-refractivity contribution < 1.29 is 4.74 Å². The molecule has 0 N–H and O–H groups in total. The Balaban J connectivity index is 0.000000360. The normalized spacial score (nSPS) is 9.89. The van der Waals surface area contributed by atoms with Gasteiger partial charge in [-0.25, -0.2) is 4.98 Å². The lowest BCUT2D eigenvalue weighted by Gasteiger charge is -1.99. The van der Waals surface area contributed by atoms with Gasteiger partial charge in [-0.3, -0.25) is 0 Å². The number of rotatable bonds is 6. The summed E-state index contributed by atoms with van der Waals surface area (Å²) in [5, 5.41) is 0. The Kier molecular flexibility index (Phi) is 10.4. The van der Waals surface area contributed by atoms with Crippen LogP contribution in [0.25, 0.3) is 0 Å². The average Bonchev–Trinajstić information content (AvgIpc) is 2.38. The van der Waals surface area contributed by atoms with E-state index in [0.717, 1.165) is 18.8 Å². The van der Waals surface area contributed by atoms with Gasteiger partial charge in [0.1, 0.15) is 0 Å². The van der Waals surface area contributed by atoms with Gasteiger partial charge in [0.2, 0.25) is 5.88 Å². The van der Waals surface area contributed by atoms with Crippen LogP contribution in [0.5, 0.6) is 5.88 Å². The molecule has 1 heterocycles. The average molecular weight is 251 g/mol. The Morgan fingerprint density at radius 1 is 1.17 bits per heavy atom. The number of aromatic nitrogens is 1. The van der Waals surface area contributed by atoms with Crippen molar-refractivity contribution in [1.29, 1.82) is 0 Å². The van der Waals surface area contributed by atoms with E-state index in [2.05, 4.69) is 38.7 Å². The van der Waals surface area contributed by atoms with E-state index in [1.165, 1.54) is 24.8 Å². The number of aryl methyl sites for hydroxylation is 1. The molecule has 0 amide bonds. The van der Waals surface area contributed by atoms with Gasteiger partial charge in [0.05, 0.1) is 7.11 Å². The Labute approximate surface area is 113 Å². The number of pyridine rings is 1. The highest BCUT2D eigenvalue weighted by atomic mass is 16.5. The van der Waals surface area contributed by atoms with Crippen LogP contribution < -0.4 is 4.74 Å². The molecule has 0 saturated heterocycles. The second-order valence-corrected chi connectivity index (χ2v) is 4.99. The van der Waals surface area contributed by atoms with E-state index in [1.807, 2.05) is 12.3 Å². The third kappa shape index (κ3) is 9.03. The zero-order valence-electron chi connectivity index (χ0n) is 12.7. The van der Waals surface area contributed by atoms with Crippen LogP contribution in [0.1, 0.15) is 58.9 Å². The van der Waals surface area contributed by atoms with E-state index in [-0.39, 0.29) is 0 Å². The van der Waals surface area contributed by atoms with Crippen LogP contribution in [0.2, 0.25) is 0 Å². The fourth-order valence-electron chi connectivity index (χ4n) is 1.58. The lowest BCUT2D eigenvalue weighted by atomic mass is 10.1. The highest BCUT2D eigenvalue weighted by Crippen LogP contribution is 2.07. The molecule has 0 atom stereocenters. The Morgan fingerprint density at radius 3 is 2.22 bits per heavy atom. The van der Waals surface area contributed by atoms with Crippen molar-refractivity contribution in [3.8, 4) is 5.88 Å². The smallest absolute Gasteiger partial charge is 0.212 e. The van der Waals surface area contributed by atoms with Gasteiger partial charge in [-0.15, -0.1) is 0 Å². The zero-order valence-corrected chi connectivity index (χ0v) is 12.7. The Morgan fingerprint density at radius 2 is 1.89 bits per heavy atom. The maximum Gasteiger partial charge on any atom is 0.212 e. The summed E-state index contributed by atoms with van der Waals surface area (Å²) in [5.74, 6) is 1.59. The second-order valence-electron chi connectivity index (χ2n) is 4.99. The van der Waals surface area contributed by atoms with Gasteiger partial charge >= 0.3 is 0 Å². The molecule has 0 fully saturated rings. The van der Waals surface area contributed by atoms with Gasteiger partial charge < -0.3 is 4.74 Å². The third-order valence-corrected chi connectivity index (χ3v) is 2.68. The van der Waals surface area contributed by atoms with Crippen molar-refractivity contribution in [2.24, 2.45) is 5.92 Å². The van der Waals surface area contributed by atoms with Crippen LogP contribution in [-0.4, -0.2) is 12.1 Å². The molecule has 1 aromatic heterocycles. The Hall–Kier alpha value is -1.05. The van der Waals surface area contributed by atoms with Crippen LogP contribution in [0.4, 0.5) is 0 Å². The summed E-state index contributed by atoms with van der Waals surface area (Å²) < 4.78 is 4.94. The predicted molar refractivity (Wildman–Crippen MR) is 79.1 cm³/mol. The maximum atomic E-state index is 4.94. The molecule has 0 radical (unpaired) electrons. The van der Waals surface area contributed by atoms with Crippen molar-refractivity contribution in [3.63, 3.8) is 0 Å². The van der Waals surface area contributed by atoms with Crippen LogP contribution in [-0.2, 0) is 6.42 Å². The summed E-state index contributed by atoms with van der Waals surface area (Å²) in [5.41, 5.74) is 1.27. The monoisotopic (exact) mass is 251 g/mol. The number of nitrogens with zero attached hydrogens (tertiary/aromatic N) is 1. The van der Waals surface area contributed by atoms with Crippen molar-refractivity contribution in [3.05, 3.63) is 23.9 Å². The Bertz CT molecular complexity index is 280. The third-order valence-electron chi connectivity index (χ3n) is 2.68. The predicted octanol–water partition coefficient (Wildman–Crippen LogP) is 4.88. The summed E-state index contributed by atoms with van der Waals surface area (Å²) in [4.78, 5) is 4.09. The molecule has 18 heavy (non-hydrogen) atoms. The highest BCUT2D eigenvalue weighted by Gasteiger charge is 1.92. The lowest BCUT2D eigenvalue weighted by Crippen LogP contribution is -1.89. The molecule has 1 rings (SSSR count). The first-order valence-electron chi connectivity index (χ1n) is 7.12. The van der Waals surface area contributed by atoms with Crippen LogP contribution in [0.15, 0.2) is 18.3 Å². The van der Waals surface area contributed by atoms with Gasteiger partial charge in [0.15, 0.2) is 0 Å². The first kappa shape index (κ1) is 16.9. The summed E-state index contributed by atoms with van der Waals surface area (Å²) in [6.07, 6.45) is 8.26. The first-order valence-corrected chi connectivity index (χ1v) is 7.12. The molecular formula is C16H29NO. The number of unbranched alkanes of at least 4 members (excludes halogenated alkanes) is 1. The minimum absolute atomic E-state index is 0.685. The fourth-order valence-corrected chi connectivity index (χ4v) is 1.58. The van der Waals surface area contributed by atoms with E-state index < -0.39 is 0 Å². The second kappa shape index (κ2) is 11.1. The van der Waals surface area contributed by atoms with Crippen molar-refractivity contribution in [2.45, 2.75) is 59.8 Å². The molecule has 1 aromatic rings. The van der Waals surface area contributed by atoms with E-state index >= 15 is 0 Å². The highest BCUT2D eigenvalue weighted by molar-refractivity contribution is 5.17. The first-order chi connectivity index (χ1) is 8.63. The number of hydrogen-bond donors (Lipinski definition) is 0. The zero-order chi connectivity index (χ0) is 13.8. The molecule has 0 aliphatic heterocycles. The van der Waals surface area contributed by atoms with Gasteiger partial charge in [0, 0.05) is 12.3 Å². The van der Waals surface area contributed by atoms with E-state index in [9.17, 15) is 0 Å². The standard InChI is InChI=1S/C9H13NO.C7H16/c1-3-4-8-5-6-9(11-2)10-7-8;1-4-5-6-7(2)3/h5-7H,3-4H2,1-2H3;7H,4-6H2,1-3H3. The fraction of sp³-hybridized carbons (Fsp3) is 0.688. The molecule has 0 aliphatic rings. The summed E-state index contributed by atoms with van der Waals surface area (Å²) in [6.45, 7) is 8.94. The number of hydrogen-bond acceptors (Lipinski definition) is 2. The minimum Gasteiger partial charge on any atom is -0.481 e. The molecule has 0 unspecified atom stereocenters. The molecule has 0 spiro atoms. The van der Waals surface area contributed by atoms with E-state index in [1.54, 1.807) is 7.11 Å². The van der Waals surface area contributed by atoms with Crippen molar-refractivity contribution in [1.82, 2.24) is 4.98 Å². The SMILES string of the molecule is CCCCC(C)C.CCCc1ccc(OC)nc1. The molecule has 0 aliphatic carbocycles. The molecule has 0 bridgehead atoms. The van der Waals surface area contributed by atoms with Gasteiger partial charge in [-0.05, 0) is 17.9 Å². The summed E-state index contributed by atoms with van der Waals surface area (Å²) in [6, 6.07) is 3.94. The van der Waals surface area contributed by atoms with Crippen molar-refractivity contribution >= 4 is 0 Å². The maximum absolute atomic E-state index is 4.94. The number of methoxy groups -OCH3 is 1. The quantitative estimate of drug-likeness (QED) is 0.719. The molecule has 104 valence electrons. The van der Waals surface area contributed by atoms with Crippen molar-refractivity contribution in [2.75, 3.05) is 7.11 Å². The van der Waals surface area contributed by atoms with Gasteiger partial charge in [-0.2, -0.15) is 0 Å². The number of ether oxygens (including phenoxy) is 1. The van der Waals surface area contributed by atoms with Crippen LogP contribution in [0, 0.1) is 5.92 Å². The molecule has 2 heteroatoms. The molecule has 2 nitrogen and oxygen atoms in total. The van der Waals surface area contributed by atoms with E-state index in [4.69, 9.17) is 4.74 Å². The van der Waals surface area contributed by atoms with Gasteiger partial charge in [0.25, 0.3) is 0 Å². The minimum atomic E-state index is 0.685. The molecule has 0 saturated carbocycles. The molecular weight excluding hydrogens is 222 g/mol. The van der Waals surface area contributed by atoms with Gasteiger partial charge in [-0.1, -0.05) is 59.4 Å². The summed E-state index contributed by atoms with van der Waals surface area (Å²) >= 11 is 0. The lowest BCUT2D eigenvalue weighted by molar-refractivity contribution is 0.397. The van der Waals surface area contributed by atoms with Crippen LogP contribution >= 0.6 is 0 Å². The topological polar surface area (TPSA) is 22.1 Å². The summed E-state index contributed by atoms with van der Waals surface area (Å²) in [7, 11) is 1.63.